The number of anilines is 1. The van der Waals surface area contributed by atoms with E-state index in [4.69, 9.17) is 14.6 Å². The zero-order chi connectivity index (χ0) is 14.4. The van der Waals surface area contributed by atoms with Crippen molar-refractivity contribution in [3.8, 4) is 17.2 Å². The van der Waals surface area contributed by atoms with Gasteiger partial charge < -0.3 is 24.6 Å². The average Bonchev–Trinajstić information content (AvgIpc) is 2.39. The third-order valence-corrected chi connectivity index (χ3v) is 2.08. The molecular formula is C11H11NO7. The highest BCUT2D eigenvalue weighted by atomic mass is 16.6. The first-order valence-corrected chi connectivity index (χ1v) is 4.94. The first-order valence-electron chi connectivity index (χ1n) is 4.94. The standard InChI is InChI=1S/C11H11NO7/c1-17-8-3-6(12-5-13)7(4-9(8)18-2)19-11(16)10(14)15/h3-5H,1-2H3,(H,12,13)(H,14,15). The molecule has 0 atom stereocenters. The molecule has 0 unspecified atom stereocenters. The largest absolute Gasteiger partial charge is 0.493 e. The van der Waals surface area contributed by atoms with E-state index < -0.39 is 11.9 Å². The molecule has 1 aromatic carbocycles. The summed E-state index contributed by atoms with van der Waals surface area (Å²) in [5.74, 6) is -2.92. The number of ether oxygens (including phenoxy) is 3. The lowest BCUT2D eigenvalue weighted by Crippen LogP contribution is -2.20. The predicted octanol–water partition coefficient (Wildman–Crippen LogP) is 0.262. The first-order chi connectivity index (χ1) is 9.03. The van der Waals surface area contributed by atoms with Crippen LogP contribution >= 0.6 is 0 Å². The third-order valence-electron chi connectivity index (χ3n) is 2.08. The summed E-state index contributed by atoms with van der Waals surface area (Å²) in [5, 5.41) is 10.7. The van der Waals surface area contributed by atoms with Crippen molar-refractivity contribution in [3.63, 3.8) is 0 Å². The number of methoxy groups -OCH3 is 2. The zero-order valence-electron chi connectivity index (χ0n) is 10.1. The minimum atomic E-state index is -1.76. The fraction of sp³-hybridized carbons (Fsp3) is 0.182. The number of hydrogen-bond acceptors (Lipinski definition) is 6. The molecule has 0 radical (unpaired) electrons. The summed E-state index contributed by atoms with van der Waals surface area (Å²) < 4.78 is 14.6. The Morgan fingerprint density at radius 3 is 2.21 bits per heavy atom. The molecule has 8 heteroatoms. The van der Waals surface area contributed by atoms with Gasteiger partial charge in [-0.1, -0.05) is 0 Å². The van der Waals surface area contributed by atoms with Crippen LogP contribution in [0.25, 0.3) is 0 Å². The molecule has 8 nitrogen and oxygen atoms in total. The number of rotatable bonds is 5. The Morgan fingerprint density at radius 2 is 1.74 bits per heavy atom. The molecule has 0 saturated heterocycles. The van der Waals surface area contributed by atoms with Crippen molar-refractivity contribution < 1.29 is 33.7 Å². The number of amides is 1. The fourth-order valence-electron chi connectivity index (χ4n) is 1.26. The van der Waals surface area contributed by atoms with Gasteiger partial charge in [0.15, 0.2) is 17.2 Å². The number of esters is 1. The van der Waals surface area contributed by atoms with Crippen molar-refractivity contribution in [2.45, 2.75) is 0 Å². The van der Waals surface area contributed by atoms with E-state index in [1.807, 2.05) is 0 Å². The molecule has 0 heterocycles. The number of carbonyl (C=O) groups excluding carboxylic acids is 2. The molecule has 2 N–H and O–H groups in total. The van der Waals surface area contributed by atoms with Crippen LogP contribution in [0, 0.1) is 0 Å². The van der Waals surface area contributed by atoms with Crippen molar-refractivity contribution in [3.05, 3.63) is 12.1 Å². The highest BCUT2D eigenvalue weighted by Crippen LogP contribution is 2.37. The summed E-state index contributed by atoms with van der Waals surface area (Å²) in [6.45, 7) is 0. The highest BCUT2D eigenvalue weighted by molar-refractivity contribution is 6.29. The first kappa shape index (κ1) is 14.3. The van der Waals surface area contributed by atoms with Crippen LogP contribution in [0.4, 0.5) is 5.69 Å². The van der Waals surface area contributed by atoms with Gasteiger partial charge in [-0.3, -0.25) is 4.79 Å². The monoisotopic (exact) mass is 269 g/mol. The summed E-state index contributed by atoms with van der Waals surface area (Å²) in [5.41, 5.74) is 0.0715. The van der Waals surface area contributed by atoms with Crippen LogP contribution in [-0.4, -0.2) is 37.7 Å². The van der Waals surface area contributed by atoms with Crippen LogP contribution in [0.2, 0.25) is 0 Å². The van der Waals surface area contributed by atoms with Crippen molar-refractivity contribution in [1.82, 2.24) is 0 Å². The number of aliphatic carboxylic acids is 1. The smallest absolute Gasteiger partial charge is 0.422 e. The lowest BCUT2D eigenvalue weighted by atomic mass is 10.2. The van der Waals surface area contributed by atoms with E-state index in [0.29, 0.717) is 6.41 Å². The molecule has 1 aromatic rings. The number of hydrogen-bond donors (Lipinski definition) is 2. The number of carbonyl (C=O) groups is 3. The van der Waals surface area contributed by atoms with Gasteiger partial charge in [-0.2, -0.15) is 0 Å². The Labute approximate surface area is 107 Å². The number of carboxylic acid groups (broad SMARTS) is 1. The molecule has 0 aliphatic heterocycles. The fourth-order valence-corrected chi connectivity index (χ4v) is 1.26. The van der Waals surface area contributed by atoms with E-state index in [0.717, 1.165) is 0 Å². The van der Waals surface area contributed by atoms with Gasteiger partial charge in [-0.05, 0) is 0 Å². The summed E-state index contributed by atoms with van der Waals surface area (Å²) in [7, 11) is 2.74. The van der Waals surface area contributed by atoms with Crippen molar-refractivity contribution >= 4 is 24.0 Å². The van der Waals surface area contributed by atoms with Crippen LogP contribution < -0.4 is 19.5 Å². The molecule has 0 aliphatic rings. The molecule has 0 bridgehead atoms. The van der Waals surface area contributed by atoms with Gasteiger partial charge in [0.1, 0.15) is 0 Å². The maximum Gasteiger partial charge on any atom is 0.422 e. The van der Waals surface area contributed by atoms with E-state index in [2.05, 4.69) is 10.1 Å². The Hall–Kier alpha value is -2.77. The molecule has 0 aromatic heterocycles. The second-order valence-corrected chi connectivity index (χ2v) is 3.16. The van der Waals surface area contributed by atoms with E-state index >= 15 is 0 Å². The van der Waals surface area contributed by atoms with Crippen molar-refractivity contribution in [2.24, 2.45) is 0 Å². The molecule has 0 aliphatic carbocycles. The van der Waals surface area contributed by atoms with Crippen LogP contribution in [0.15, 0.2) is 12.1 Å². The van der Waals surface area contributed by atoms with Crippen LogP contribution in [-0.2, 0) is 14.4 Å². The summed E-state index contributed by atoms with van der Waals surface area (Å²) in [6, 6.07) is 2.56. The Bertz CT molecular complexity index is 512. The number of nitrogens with one attached hydrogen (secondary N) is 1. The Morgan fingerprint density at radius 1 is 1.16 bits per heavy atom. The molecule has 1 amide bonds. The van der Waals surface area contributed by atoms with Crippen molar-refractivity contribution in [1.29, 1.82) is 0 Å². The van der Waals surface area contributed by atoms with E-state index in [1.165, 1.54) is 26.4 Å². The quantitative estimate of drug-likeness (QED) is 0.341. The Balaban J connectivity index is 3.22. The van der Waals surface area contributed by atoms with Gasteiger partial charge in [-0.25, -0.2) is 9.59 Å². The minimum Gasteiger partial charge on any atom is -0.493 e. The molecule has 0 fully saturated rings. The summed E-state index contributed by atoms with van der Waals surface area (Å²) >= 11 is 0. The predicted molar refractivity (Wildman–Crippen MR) is 62.5 cm³/mol. The normalized spacial score (nSPS) is 9.37. The summed E-state index contributed by atoms with van der Waals surface area (Å²) in [4.78, 5) is 31.9. The number of benzene rings is 1. The van der Waals surface area contributed by atoms with E-state index in [-0.39, 0.29) is 22.9 Å². The lowest BCUT2D eigenvalue weighted by molar-refractivity contribution is -0.158. The average molecular weight is 269 g/mol. The van der Waals surface area contributed by atoms with Crippen LogP contribution in [0.5, 0.6) is 17.2 Å². The molecular weight excluding hydrogens is 258 g/mol. The Kier molecular flexibility index (Phi) is 4.69. The lowest BCUT2D eigenvalue weighted by Gasteiger charge is -2.13. The number of carboxylic acids is 1. The molecule has 102 valence electrons. The highest BCUT2D eigenvalue weighted by Gasteiger charge is 2.19. The zero-order valence-corrected chi connectivity index (χ0v) is 10.1. The van der Waals surface area contributed by atoms with Gasteiger partial charge in [0.25, 0.3) is 0 Å². The third kappa shape index (κ3) is 3.35. The SMILES string of the molecule is COc1cc(NC=O)c(OC(=O)C(=O)O)cc1OC. The van der Waals surface area contributed by atoms with Crippen molar-refractivity contribution in [2.75, 3.05) is 19.5 Å². The van der Waals surface area contributed by atoms with Crippen LogP contribution in [0.1, 0.15) is 0 Å². The maximum atomic E-state index is 11.0. The second kappa shape index (κ2) is 6.24. The second-order valence-electron chi connectivity index (χ2n) is 3.16. The maximum absolute atomic E-state index is 11.0. The van der Waals surface area contributed by atoms with Gasteiger partial charge in [0.05, 0.1) is 19.9 Å². The molecule has 0 spiro atoms. The van der Waals surface area contributed by atoms with E-state index in [9.17, 15) is 14.4 Å². The molecule has 19 heavy (non-hydrogen) atoms. The minimum absolute atomic E-state index is 0.0715. The van der Waals surface area contributed by atoms with E-state index in [1.54, 1.807) is 0 Å². The van der Waals surface area contributed by atoms with Gasteiger partial charge in [0, 0.05) is 12.1 Å². The van der Waals surface area contributed by atoms with Gasteiger partial charge in [0.2, 0.25) is 6.41 Å². The van der Waals surface area contributed by atoms with Gasteiger partial charge >= 0.3 is 11.9 Å². The van der Waals surface area contributed by atoms with Gasteiger partial charge in [-0.15, -0.1) is 0 Å². The molecule has 1 rings (SSSR count). The topological polar surface area (TPSA) is 111 Å². The summed E-state index contributed by atoms with van der Waals surface area (Å²) in [6.07, 6.45) is 0.347. The van der Waals surface area contributed by atoms with Crippen LogP contribution in [0.3, 0.4) is 0 Å². The molecule has 0 saturated carbocycles.